The average Bonchev–Trinajstić information content (AvgIpc) is 2.72. The van der Waals surface area contributed by atoms with Crippen LogP contribution in [0.25, 0.3) is 0 Å². The maximum atomic E-state index is 12.5. The molecule has 142 valence electrons. The number of anilines is 2. The summed E-state index contributed by atoms with van der Waals surface area (Å²) in [6.45, 7) is 2.05. The van der Waals surface area contributed by atoms with Gasteiger partial charge in [-0.25, -0.2) is 14.8 Å². The molecule has 8 heteroatoms. The van der Waals surface area contributed by atoms with E-state index >= 15 is 0 Å². The highest BCUT2D eigenvalue weighted by Gasteiger charge is 2.14. The van der Waals surface area contributed by atoms with Gasteiger partial charge in [0.15, 0.2) is 0 Å². The van der Waals surface area contributed by atoms with E-state index in [0.29, 0.717) is 29.4 Å². The van der Waals surface area contributed by atoms with Crippen LogP contribution in [0.1, 0.15) is 32.2 Å². The van der Waals surface area contributed by atoms with Gasteiger partial charge in [-0.2, -0.15) is 0 Å². The lowest BCUT2D eigenvalue weighted by Crippen LogP contribution is -2.24. The van der Waals surface area contributed by atoms with E-state index in [4.69, 9.17) is 4.74 Å². The molecule has 0 atom stereocenters. The molecule has 8 nitrogen and oxygen atoms in total. The number of methoxy groups -OCH3 is 1. The topological polar surface area (TPSA) is 106 Å². The SMILES string of the molecule is COC(=O)c1ccccc1Nc1cc(C(=O)NCc2ccncc2)nc(C)n1. The lowest BCUT2D eigenvalue weighted by Gasteiger charge is -2.12. The summed E-state index contributed by atoms with van der Waals surface area (Å²) >= 11 is 0. The number of pyridine rings is 1. The fraction of sp³-hybridized carbons (Fsp3) is 0.150. The first-order valence-electron chi connectivity index (χ1n) is 8.54. The fourth-order valence-electron chi connectivity index (χ4n) is 2.54. The predicted octanol–water partition coefficient (Wildman–Crippen LogP) is 2.64. The number of hydrogen-bond acceptors (Lipinski definition) is 7. The Kier molecular flexibility index (Phi) is 5.91. The summed E-state index contributed by atoms with van der Waals surface area (Å²) < 4.78 is 4.79. The molecule has 1 amide bonds. The van der Waals surface area contributed by atoms with Crippen molar-refractivity contribution in [3.8, 4) is 0 Å². The summed E-state index contributed by atoms with van der Waals surface area (Å²) in [5.41, 5.74) is 2.04. The Balaban J connectivity index is 1.78. The normalized spacial score (nSPS) is 10.2. The molecule has 0 aliphatic heterocycles. The minimum absolute atomic E-state index is 0.222. The van der Waals surface area contributed by atoms with E-state index in [1.807, 2.05) is 12.1 Å². The van der Waals surface area contributed by atoms with Crippen LogP contribution >= 0.6 is 0 Å². The number of aromatic nitrogens is 3. The molecular weight excluding hydrogens is 358 g/mol. The van der Waals surface area contributed by atoms with E-state index in [1.54, 1.807) is 43.6 Å². The Labute approximate surface area is 162 Å². The molecule has 0 aliphatic carbocycles. The van der Waals surface area contributed by atoms with Gasteiger partial charge in [-0.3, -0.25) is 9.78 Å². The third-order valence-corrected chi connectivity index (χ3v) is 3.87. The second-order valence-electron chi connectivity index (χ2n) is 5.89. The number of nitrogens with one attached hydrogen (secondary N) is 2. The number of hydrogen-bond donors (Lipinski definition) is 2. The number of benzene rings is 1. The van der Waals surface area contributed by atoms with Crippen LogP contribution in [0.5, 0.6) is 0 Å². The molecular formula is C20H19N5O3. The molecule has 1 aromatic carbocycles. The average molecular weight is 377 g/mol. The van der Waals surface area contributed by atoms with Crippen molar-refractivity contribution >= 4 is 23.4 Å². The van der Waals surface area contributed by atoms with Gasteiger partial charge in [0.05, 0.1) is 18.4 Å². The van der Waals surface area contributed by atoms with Gasteiger partial charge in [0.2, 0.25) is 0 Å². The molecule has 0 saturated carbocycles. The molecule has 0 aliphatic rings. The van der Waals surface area contributed by atoms with Crippen molar-refractivity contribution in [2.24, 2.45) is 0 Å². The number of esters is 1. The first kappa shape index (κ1) is 19.0. The molecule has 0 radical (unpaired) electrons. The van der Waals surface area contributed by atoms with Crippen LogP contribution < -0.4 is 10.6 Å². The Hall–Kier alpha value is -3.81. The summed E-state index contributed by atoms with van der Waals surface area (Å²) in [6.07, 6.45) is 3.33. The molecule has 3 aromatic rings. The minimum atomic E-state index is -0.468. The van der Waals surface area contributed by atoms with Crippen LogP contribution in [-0.4, -0.2) is 33.9 Å². The molecule has 0 bridgehead atoms. The van der Waals surface area contributed by atoms with Crippen molar-refractivity contribution in [2.75, 3.05) is 12.4 Å². The highest BCUT2D eigenvalue weighted by Crippen LogP contribution is 2.21. The molecule has 0 spiro atoms. The molecule has 0 unspecified atom stereocenters. The van der Waals surface area contributed by atoms with E-state index in [1.165, 1.54) is 13.2 Å². The van der Waals surface area contributed by atoms with Crippen molar-refractivity contribution in [1.82, 2.24) is 20.3 Å². The monoisotopic (exact) mass is 377 g/mol. The van der Waals surface area contributed by atoms with Gasteiger partial charge >= 0.3 is 5.97 Å². The van der Waals surface area contributed by atoms with Gasteiger partial charge in [-0.1, -0.05) is 12.1 Å². The highest BCUT2D eigenvalue weighted by atomic mass is 16.5. The molecule has 2 heterocycles. The quantitative estimate of drug-likeness (QED) is 0.636. The molecule has 2 aromatic heterocycles. The number of para-hydroxylation sites is 1. The van der Waals surface area contributed by atoms with Gasteiger partial charge in [-0.05, 0) is 36.8 Å². The summed E-state index contributed by atoms with van der Waals surface area (Å²) in [6, 6.07) is 12.1. The minimum Gasteiger partial charge on any atom is -0.465 e. The Morgan fingerprint density at radius 3 is 2.57 bits per heavy atom. The van der Waals surface area contributed by atoms with E-state index in [2.05, 4.69) is 25.6 Å². The molecule has 0 saturated heterocycles. The summed E-state index contributed by atoms with van der Waals surface area (Å²) in [4.78, 5) is 36.8. The van der Waals surface area contributed by atoms with Crippen molar-refractivity contribution in [2.45, 2.75) is 13.5 Å². The highest BCUT2D eigenvalue weighted by molar-refractivity contribution is 5.97. The Morgan fingerprint density at radius 1 is 1.07 bits per heavy atom. The lowest BCUT2D eigenvalue weighted by atomic mass is 10.2. The predicted molar refractivity (Wildman–Crippen MR) is 103 cm³/mol. The molecule has 28 heavy (non-hydrogen) atoms. The van der Waals surface area contributed by atoms with Crippen LogP contribution in [-0.2, 0) is 11.3 Å². The van der Waals surface area contributed by atoms with Crippen LogP contribution in [0.4, 0.5) is 11.5 Å². The third-order valence-electron chi connectivity index (χ3n) is 3.87. The molecule has 2 N–H and O–H groups in total. The smallest absolute Gasteiger partial charge is 0.339 e. The zero-order valence-electron chi connectivity index (χ0n) is 15.5. The fourth-order valence-corrected chi connectivity index (χ4v) is 2.54. The van der Waals surface area contributed by atoms with Crippen LogP contribution in [0.2, 0.25) is 0 Å². The van der Waals surface area contributed by atoms with Gasteiger partial charge in [0.1, 0.15) is 17.3 Å². The number of carbonyl (C=O) groups excluding carboxylic acids is 2. The number of aryl methyl sites for hydroxylation is 1. The van der Waals surface area contributed by atoms with E-state index < -0.39 is 5.97 Å². The number of carbonyl (C=O) groups is 2. The van der Waals surface area contributed by atoms with Crippen LogP contribution in [0.15, 0.2) is 54.9 Å². The largest absolute Gasteiger partial charge is 0.465 e. The van der Waals surface area contributed by atoms with Gasteiger partial charge in [0, 0.05) is 25.0 Å². The second kappa shape index (κ2) is 8.72. The van der Waals surface area contributed by atoms with Crippen molar-refractivity contribution in [1.29, 1.82) is 0 Å². The number of rotatable bonds is 6. The first-order chi connectivity index (χ1) is 13.6. The summed E-state index contributed by atoms with van der Waals surface area (Å²) in [5, 5.41) is 5.87. The maximum Gasteiger partial charge on any atom is 0.339 e. The van der Waals surface area contributed by atoms with E-state index in [-0.39, 0.29) is 11.6 Å². The zero-order chi connectivity index (χ0) is 19.9. The Bertz CT molecular complexity index is 992. The number of ether oxygens (including phenoxy) is 1. The van der Waals surface area contributed by atoms with E-state index in [0.717, 1.165) is 5.56 Å². The molecule has 0 fully saturated rings. The van der Waals surface area contributed by atoms with Crippen molar-refractivity contribution < 1.29 is 14.3 Å². The van der Waals surface area contributed by atoms with Crippen LogP contribution in [0, 0.1) is 6.92 Å². The van der Waals surface area contributed by atoms with Gasteiger partial charge in [0.25, 0.3) is 5.91 Å². The number of amides is 1. The van der Waals surface area contributed by atoms with Crippen molar-refractivity contribution in [3.63, 3.8) is 0 Å². The second-order valence-corrected chi connectivity index (χ2v) is 5.89. The lowest BCUT2D eigenvalue weighted by molar-refractivity contribution is 0.0601. The maximum absolute atomic E-state index is 12.5. The summed E-state index contributed by atoms with van der Waals surface area (Å²) in [5.74, 6) is 0.0309. The first-order valence-corrected chi connectivity index (χ1v) is 8.54. The molecule has 3 rings (SSSR count). The Morgan fingerprint density at radius 2 is 1.82 bits per heavy atom. The van der Waals surface area contributed by atoms with Crippen molar-refractivity contribution in [3.05, 3.63) is 77.5 Å². The summed E-state index contributed by atoms with van der Waals surface area (Å²) in [7, 11) is 1.32. The zero-order valence-corrected chi connectivity index (χ0v) is 15.5. The van der Waals surface area contributed by atoms with Gasteiger partial charge in [-0.15, -0.1) is 0 Å². The van der Waals surface area contributed by atoms with E-state index in [9.17, 15) is 9.59 Å². The third kappa shape index (κ3) is 4.67. The van der Waals surface area contributed by atoms with Gasteiger partial charge < -0.3 is 15.4 Å². The van der Waals surface area contributed by atoms with Crippen LogP contribution in [0.3, 0.4) is 0 Å². The number of nitrogens with zero attached hydrogens (tertiary/aromatic N) is 3. The standard InChI is InChI=1S/C20H19N5O3/c1-13-23-17(19(26)22-12-14-7-9-21-10-8-14)11-18(24-13)25-16-6-4-3-5-15(16)20(27)28-2/h3-11H,12H2,1-2H3,(H,22,26)(H,23,24,25).